The van der Waals surface area contributed by atoms with Crippen LogP contribution in [0.1, 0.15) is 5.76 Å². The number of thioether (sulfide) groups is 1. The van der Waals surface area contributed by atoms with Crippen molar-refractivity contribution in [3.05, 3.63) is 48.4 Å². The van der Waals surface area contributed by atoms with Crippen LogP contribution < -0.4 is 21.7 Å². The molecule has 0 bridgehead atoms. The van der Waals surface area contributed by atoms with Crippen LogP contribution in [0.3, 0.4) is 0 Å². The molecular weight excluding hydrogens is 344 g/mol. The van der Waals surface area contributed by atoms with E-state index in [0.717, 1.165) is 0 Å². The van der Waals surface area contributed by atoms with Crippen LogP contribution in [0.4, 0.5) is 10.5 Å². The normalized spacial score (nSPS) is 10.1. The molecule has 0 radical (unpaired) electrons. The molecule has 0 saturated heterocycles. The van der Waals surface area contributed by atoms with E-state index in [2.05, 4.69) is 16.0 Å². The van der Waals surface area contributed by atoms with Crippen LogP contribution >= 0.6 is 11.8 Å². The summed E-state index contributed by atoms with van der Waals surface area (Å²) < 4.78 is 5.09. The number of amides is 4. The van der Waals surface area contributed by atoms with Gasteiger partial charge < -0.3 is 26.1 Å². The zero-order valence-corrected chi connectivity index (χ0v) is 14.1. The Morgan fingerprint density at radius 2 is 1.88 bits per heavy atom. The third kappa shape index (κ3) is 6.60. The van der Waals surface area contributed by atoms with Gasteiger partial charge in [0.15, 0.2) is 0 Å². The average molecular weight is 362 g/mol. The van der Waals surface area contributed by atoms with Gasteiger partial charge in [-0.05, 0) is 24.3 Å². The molecule has 1 heterocycles. The number of primary amides is 1. The lowest BCUT2D eigenvalue weighted by Crippen LogP contribution is -2.38. The molecule has 0 aliphatic heterocycles. The van der Waals surface area contributed by atoms with Crippen molar-refractivity contribution in [3.63, 3.8) is 0 Å². The Morgan fingerprint density at radius 1 is 1.08 bits per heavy atom. The molecule has 0 aliphatic carbocycles. The van der Waals surface area contributed by atoms with Crippen molar-refractivity contribution in [1.82, 2.24) is 10.6 Å². The number of urea groups is 1. The zero-order chi connectivity index (χ0) is 18.1. The highest BCUT2D eigenvalue weighted by Crippen LogP contribution is 2.26. The van der Waals surface area contributed by atoms with E-state index in [4.69, 9.17) is 10.2 Å². The summed E-state index contributed by atoms with van der Waals surface area (Å²) in [4.78, 5) is 35.2. The number of rotatable bonds is 8. The van der Waals surface area contributed by atoms with Gasteiger partial charge in [-0.25, -0.2) is 4.79 Å². The van der Waals surface area contributed by atoms with Crippen molar-refractivity contribution in [2.75, 3.05) is 17.6 Å². The summed E-state index contributed by atoms with van der Waals surface area (Å²) in [5.41, 5.74) is 5.66. The van der Waals surface area contributed by atoms with E-state index in [9.17, 15) is 14.4 Å². The van der Waals surface area contributed by atoms with Crippen molar-refractivity contribution in [3.8, 4) is 0 Å². The fourth-order valence-electron chi connectivity index (χ4n) is 1.83. The number of nitrogens with two attached hydrogens (primary N) is 1. The molecule has 4 amide bonds. The van der Waals surface area contributed by atoms with Gasteiger partial charge in [0.2, 0.25) is 11.8 Å². The van der Waals surface area contributed by atoms with Gasteiger partial charge in [0.25, 0.3) is 0 Å². The predicted octanol–water partition coefficient (Wildman–Crippen LogP) is 1.29. The van der Waals surface area contributed by atoms with Crippen molar-refractivity contribution in [2.24, 2.45) is 5.73 Å². The highest BCUT2D eigenvalue weighted by Gasteiger charge is 2.09. The van der Waals surface area contributed by atoms with Gasteiger partial charge in [-0.1, -0.05) is 12.1 Å². The first-order valence-electron chi connectivity index (χ1n) is 7.38. The van der Waals surface area contributed by atoms with Crippen LogP contribution in [-0.2, 0) is 16.1 Å². The molecule has 25 heavy (non-hydrogen) atoms. The number of para-hydroxylation sites is 1. The second-order valence-corrected chi connectivity index (χ2v) is 5.93. The number of carbonyl (C=O) groups is 3. The molecule has 0 aliphatic rings. The minimum absolute atomic E-state index is 0.107. The monoisotopic (exact) mass is 362 g/mol. The van der Waals surface area contributed by atoms with E-state index in [1.807, 2.05) is 0 Å². The van der Waals surface area contributed by atoms with Crippen molar-refractivity contribution in [1.29, 1.82) is 0 Å². The molecule has 132 valence electrons. The lowest BCUT2D eigenvalue weighted by atomic mass is 10.3. The Balaban J connectivity index is 1.78. The SMILES string of the molecule is NC(=O)CSc1ccccc1NC(=O)NCC(=O)NCc1ccco1. The molecule has 1 aromatic carbocycles. The highest BCUT2D eigenvalue weighted by molar-refractivity contribution is 8.00. The fraction of sp³-hybridized carbons (Fsp3) is 0.188. The molecule has 0 spiro atoms. The molecule has 2 rings (SSSR count). The Morgan fingerprint density at radius 3 is 2.60 bits per heavy atom. The molecule has 0 atom stereocenters. The Hall–Kier alpha value is -2.94. The molecule has 0 unspecified atom stereocenters. The van der Waals surface area contributed by atoms with E-state index in [-0.39, 0.29) is 24.7 Å². The number of nitrogens with one attached hydrogen (secondary N) is 3. The molecule has 8 nitrogen and oxygen atoms in total. The van der Waals surface area contributed by atoms with Gasteiger partial charge in [0.1, 0.15) is 5.76 Å². The Kier molecular flexibility index (Phi) is 6.90. The van der Waals surface area contributed by atoms with E-state index < -0.39 is 11.9 Å². The van der Waals surface area contributed by atoms with Crippen LogP contribution in [0.5, 0.6) is 0 Å². The molecule has 2 aromatic rings. The number of furan rings is 1. The Bertz CT molecular complexity index is 733. The first-order chi connectivity index (χ1) is 12.0. The smallest absolute Gasteiger partial charge is 0.319 e. The van der Waals surface area contributed by atoms with Crippen LogP contribution in [0.15, 0.2) is 52.0 Å². The first kappa shape index (κ1) is 18.4. The number of hydrogen-bond donors (Lipinski definition) is 4. The summed E-state index contributed by atoms with van der Waals surface area (Å²) in [6, 6.07) is 9.93. The standard InChI is InChI=1S/C16H18N4O4S/c17-14(21)10-25-13-6-2-1-5-12(13)20-16(23)19-9-15(22)18-8-11-4-3-7-24-11/h1-7H,8-10H2,(H2,17,21)(H,18,22)(H2,19,20,23). The van der Waals surface area contributed by atoms with Crippen LogP contribution in [0.25, 0.3) is 0 Å². The van der Waals surface area contributed by atoms with E-state index in [0.29, 0.717) is 16.3 Å². The summed E-state index contributed by atoms with van der Waals surface area (Å²) in [5.74, 6) is -0.0613. The molecule has 9 heteroatoms. The maximum Gasteiger partial charge on any atom is 0.319 e. The number of hydrogen-bond acceptors (Lipinski definition) is 5. The topological polar surface area (TPSA) is 126 Å². The van der Waals surface area contributed by atoms with E-state index in [1.54, 1.807) is 36.4 Å². The predicted molar refractivity (Wildman–Crippen MR) is 93.9 cm³/mol. The highest BCUT2D eigenvalue weighted by atomic mass is 32.2. The second-order valence-electron chi connectivity index (χ2n) is 4.91. The molecule has 0 fully saturated rings. The van der Waals surface area contributed by atoms with Crippen molar-refractivity contribution < 1.29 is 18.8 Å². The minimum Gasteiger partial charge on any atom is -0.467 e. The second kappa shape index (κ2) is 9.38. The lowest BCUT2D eigenvalue weighted by molar-refractivity contribution is -0.120. The number of benzene rings is 1. The third-order valence-electron chi connectivity index (χ3n) is 2.95. The molecule has 5 N–H and O–H groups in total. The largest absolute Gasteiger partial charge is 0.467 e. The van der Waals surface area contributed by atoms with Crippen LogP contribution in [0.2, 0.25) is 0 Å². The summed E-state index contributed by atoms with van der Waals surface area (Å²) in [6.07, 6.45) is 1.51. The molecular formula is C16H18N4O4S. The summed E-state index contributed by atoms with van der Waals surface area (Å²) in [6.45, 7) is 0.0743. The van der Waals surface area contributed by atoms with Gasteiger partial charge >= 0.3 is 6.03 Å². The van der Waals surface area contributed by atoms with E-state index in [1.165, 1.54) is 18.0 Å². The van der Waals surface area contributed by atoms with Crippen molar-refractivity contribution >= 4 is 35.3 Å². The van der Waals surface area contributed by atoms with Gasteiger partial charge in [-0.2, -0.15) is 0 Å². The number of carbonyl (C=O) groups excluding carboxylic acids is 3. The molecule has 1 aromatic heterocycles. The van der Waals surface area contributed by atoms with Gasteiger partial charge in [0.05, 0.1) is 30.8 Å². The minimum atomic E-state index is -0.528. The zero-order valence-electron chi connectivity index (χ0n) is 13.3. The maximum atomic E-state index is 11.9. The number of anilines is 1. The first-order valence-corrected chi connectivity index (χ1v) is 8.37. The fourth-order valence-corrected chi connectivity index (χ4v) is 2.58. The maximum absolute atomic E-state index is 11.9. The van der Waals surface area contributed by atoms with E-state index >= 15 is 0 Å². The summed E-state index contributed by atoms with van der Waals surface area (Å²) >= 11 is 1.22. The lowest BCUT2D eigenvalue weighted by Gasteiger charge is -2.11. The Labute approximate surface area is 148 Å². The summed E-state index contributed by atoms with van der Waals surface area (Å²) in [5, 5.41) is 7.72. The van der Waals surface area contributed by atoms with Crippen LogP contribution in [0, 0.1) is 0 Å². The average Bonchev–Trinajstić information content (AvgIpc) is 3.11. The van der Waals surface area contributed by atoms with Gasteiger partial charge in [-0.3, -0.25) is 9.59 Å². The quantitative estimate of drug-likeness (QED) is 0.527. The molecule has 0 saturated carbocycles. The van der Waals surface area contributed by atoms with Crippen molar-refractivity contribution in [2.45, 2.75) is 11.4 Å². The van der Waals surface area contributed by atoms with Gasteiger partial charge in [-0.15, -0.1) is 11.8 Å². The third-order valence-corrected chi connectivity index (χ3v) is 4.05. The summed E-state index contributed by atoms with van der Waals surface area (Å²) in [7, 11) is 0. The van der Waals surface area contributed by atoms with Gasteiger partial charge in [0, 0.05) is 4.90 Å². The van der Waals surface area contributed by atoms with Crippen LogP contribution in [-0.4, -0.2) is 30.1 Å².